The van der Waals surface area contributed by atoms with Crippen LogP contribution in [-0.4, -0.2) is 29.5 Å². The molecule has 138 valence electrons. The Kier molecular flexibility index (Phi) is 4.82. The monoisotopic (exact) mass is 363 g/mol. The van der Waals surface area contributed by atoms with E-state index >= 15 is 0 Å². The number of nitrogens with one attached hydrogen (secondary N) is 1. The van der Waals surface area contributed by atoms with Crippen LogP contribution in [0.5, 0.6) is 0 Å². The van der Waals surface area contributed by atoms with Gasteiger partial charge in [-0.05, 0) is 45.4 Å². The Morgan fingerprint density at radius 3 is 2.16 bits per heavy atom. The van der Waals surface area contributed by atoms with Crippen molar-refractivity contribution >= 4 is 18.7 Å². The molecule has 0 radical (unpaired) electrons. The third-order valence-electron chi connectivity index (χ3n) is 4.43. The summed E-state index contributed by atoms with van der Waals surface area (Å²) in [6, 6.07) is 1.53. The van der Waals surface area contributed by atoms with Gasteiger partial charge in [-0.3, -0.25) is 0 Å². The number of alkyl halides is 3. The first-order valence-electron chi connectivity index (χ1n) is 7.46. The summed E-state index contributed by atoms with van der Waals surface area (Å²) in [5.74, 6) is -1.17. The van der Waals surface area contributed by atoms with E-state index in [-0.39, 0.29) is 5.56 Å². The van der Waals surface area contributed by atoms with E-state index < -0.39 is 54.0 Å². The van der Waals surface area contributed by atoms with Gasteiger partial charge in [-0.1, -0.05) is 0 Å². The van der Waals surface area contributed by atoms with E-state index in [9.17, 15) is 22.4 Å². The quantitative estimate of drug-likeness (QED) is 0.640. The van der Waals surface area contributed by atoms with Crippen LogP contribution in [0.15, 0.2) is 12.1 Å². The zero-order valence-corrected chi connectivity index (χ0v) is 14.1. The highest BCUT2D eigenvalue weighted by atomic mass is 19.4. The molecule has 0 spiro atoms. The molecule has 5 nitrogen and oxygen atoms in total. The van der Waals surface area contributed by atoms with E-state index in [2.05, 4.69) is 0 Å². The minimum Gasteiger partial charge on any atom is -0.465 e. The number of amides is 1. The summed E-state index contributed by atoms with van der Waals surface area (Å²) in [4.78, 5) is 10.5. The highest BCUT2D eigenvalue weighted by Crippen LogP contribution is 2.38. The lowest BCUT2D eigenvalue weighted by Crippen LogP contribution is -2.41. The molecule has 1 aromatic rings. The Balaban J connectivity index is 2.49. The molecule has 1 fully saturated rings. The first kappa shape index (κ1) is 19.5. The SMILES string of the molecule is CC1(C)OB(c2c(F)cc(CNC(=O)O)cc2C(F)(F)F)OC1(C)C. The molecular weight excluding hydrogens is 345 g/mol. The molecule has 0 unspecified atom stereocenters. The highest BCUT2D eigenvalue weighted by molar-refractivity contribution is 6.62. The lowest BCUT2D eigenvalue weighted by atomic mass is 9.74. The zero-order valence-electron chi connectivity index (χ0n) is 14.1. The summed E-state index contributed by atoms with van der Waals surface area (Å²) in [7, 11) is -1.52. The predicted octanol–water partition coefficient (Wildman–Crippen LogP) is 2.91. The highest BCUT2D eigenvalue weighted by Gasteiger charge is 2.54. The molecule has 2 N–H and O–H groups in total. The summed E-state index contributed by atoms with van der Waals surface area (Å²) >= 11 is 0. The van der Waals surface area contributed by atoms with E-state index in [1.165, 1.54) is 0 Å². The van der Waals surface area contributed by atoms with Crippen LogP contribution in [0.2, 0.25) is 0 Å². The van der Waals surface area contributed by atoms with Gasteiger partial charge in [0.15, 0.2) is 0 Å². The van der Waals surface area contributed by atoms with Gasteiger partial charge in [-0.15, -0.1) is 0 Å². The lowest BCUT2D eigenvalue weighted by molar-refractivity contribution is -0.137. The smallest absolute Gasteiger partial charge is 0.465 e. The van der Waals surface area contributed by atoms with Gasteiger partial charge in [0.25, 0.3) is 0 Å². The number of halogens is 4. The predicted molar refractivity (Wildman–Crippen MR) is 82.0 cm³/mol. The number of carboxylic acid groups (broad SMARTS) is 1. The van der Waals surface area contributed by atoms with Gasteiger partial charge >= 0.3 is 19.4 Å². The Morgan fingerprint density at radius 2 is 1.72 bits per heavy atom. The molecule has 0 atom stereocenters. The van der Waals surface area contributed by atoms with Gasteiger partial charge in [0.2, 0.25) is 0 Å². The Bertz CT molecular complexity index is 675. The summed E-state index contributed by atoms with van der Waals surface area (Å²) in [5.41, 5.74) is -4.03. The maximum absolute atomic E-state index is 14.5. The van der Waals surface area contributed by atoms with Gasteiger partial charge in [0.05, 0.1) is 16.8 Å². The van der Waals surface area contributed by atoms with E-state index in [1.807, 2.05) is 5.32 Å². The molecule has 1 saturated heterocycles. The van der Waals surface area contributed by atoms with Crippen molar-refractivity contribution in [2.75, 3.05) is 0 Å². The van der Waals surface area contributed by atoms with Crippen molar-refractivity contribution in [3.8, 4) is 0 Å². The maximum Gasteiger partial charge on any atom is 0.498 e. The van der Waals surface area contributed by atoms with Gasteiger partial charge in [-0.2, -0.15) is 13.2 Å². The number of benzene rings is 1. The standard InChI is InChI=1S/C15H18BF4NO4/c1-13(2)14(3,4)25-16(24-13)11-9(15(18,19)20)5-8(6-10(11)17)7-21-12(22)23/h5-6,21H,7H2,1-4H3,(H,22,23). The van der Waals surface area contributed by atoms with Gasteiger partial charge in [0, 0.05) is 12.0 Å². The number of hydrogen-bond acceptors (Lipinski definition) is 3. The van der Waals surface area contributed by atoms with Crippen LogP contribution < -0.4 is 10.8 Å². The van der Waals surface area contributed by atoms with Crippen LogP contribution in [0.4, 0.5) is 22.4 Å². The Morgan fingerprint density at radius 1 is 1.20 bits per heavy atom. The second-order valence-electron chi connectivity index (χ2n) is 6.78. The molecule has 0 aromatic heterocycles. The van der Waals surface area contributed by atoms with Crippen molar-refractivity contribution < 1.29 is 36.8 Å². The van der Waals surface area contributed by atoms with Crippen LogP contribution in [0, 0.1) is 5.82 Å². The summed E-state index contributed by atoms with van der Waals surface area (Å²) in [5, 5.41) is 10.5. The van der Waals surface area contributed by atoms with Crippen molar-refractivity contribution in [1.29, 1.82) is 0 Å². The van der Waals surface area contributed by atoms with E-state index in [4.69, 9.17) is 14.4 Å². The minimum absolute atomic E-state index is 0.160. The first-order valence-corrected chi connectivity index (χ1v) is 7.46. The molecule has 1 aliphatic rings. The normalized spacial score (nSPS) is 19.1. The number of hydrogen-bond donors (Lipinski definition) is 2. The topological polar surface area (TPSA) is 67.8 Å². The van der Waals surface area contributed by atoms with Crippen LogP contribution in [-0.2, 0) is 22.0 Å². The molecule has 0 saturated carbocycles. The molecular formula is C15H18BF4NO4. The molecule has 1 aliphatic heterocycles. The second kappa shape index (κ2) is 6.17. The first-order chi connectivity index (χ1) is 11.2. The maximum atomic E-state index is 14.5. The molecule has 0 bridgehead atoms. The van der Waals surface area contributed by atoms with Crippen molar-refractivity contribution in [3.63, 3.8) is 0 Å². The largest absolute Gasteiger partial charge is 0.498 e. The third kappa shape index (κ3) is 3.90. The van der Waals surface area contributed by atoms with Crippen molar-refractivity contribution in [2.45, 2.75) is 51.6 Å². The van der Waals surface area contributed by atoms with Gasteiger partial charge in [-0.25, -0.2) is 9.18 Å². The third-order valence-corrected chi connectivity index (χ3v) is 4.43. The van der Waals surface area contributed by atoms with Crippen LogP contribution in [0.1, 0.15) is 38.8 Å². The molecule has 0 aliphatic carbocycles. The van der Waals surface area contributed by atoms with Crippen molar-refractivity contribution in [3.05, 3.63) is 29.1 Å². The van der Waals surface area contributed by atoms with Crippen molar-refractivity contribution in [2.24, 2.45) is 0 Å². The second-order valence-corrected chi connectivity index (χ2v) is 6.78. The van der Waals surface area contributed by atoms with Crippen LogP contribution >= 0.6 is 0 Å². The zero-order chi connectivity index (χ0) is 19.2. The summed E-state index contributed by atoms with van der Waals surface area (Å²) < 4.78 is 65.8. The fraction of sp³-hybridized carbons (Fsp3) is 0.533. The van der Waals surface area contributed by atoms with E-state index in [0.717, 1.165) is 6.07 Å². The molecule has 1 amide bonds. The summed E-state index contributed by atoms with van der Waals surface area (Å²) in [6.45, 7) is 6.11. The fourth-order valence-corrected chi connectivity index (χ4v) is 2.39. The molecule has 2 rings (SSSR count). The van der Waals surface area contributed by atoms with Crippen molar-refractivity contribution in [1.82, 2.24) is 5.32 Å². The molecule has 1 heterocycles. The lowest BCUT2D eigenvalue weighted by Gasteiger charge is -2.32. The molecule has 10 heteroatoms. The van der Waals surface area contributed by atoms with Crippen LogP contribution in [0.3, 0.4) is 0 Å². The number of rotatable bonds is 3. The molecule has 1 aromatic carbocycles. The molecule has 25 heavy (non-hydrogen) atoms. The Labute approximate surface area is 142 Å². The average molecular weight is 363 g/mol. The van der Waals surface area contributed by atoms with E-state index in [1.54, 1.807) is 27.7 Å². The average Bonchev–Trinajstić information content (AvgIpc) is 2.63. The minimum atomic E-state index is -4.86. The van der Waals surface area contributed by atoms with Gasteiger partial charge < -0.3 is 19.7 Å². The van der Waals surface area contributed by atoms with E-state index in [0.29, 0.717) is 6.07 Å². The number of carbonyl (C=O) groups is 1. The summed E-state index contributed by atoms with van der Waals surface area (Å²) in [6.07, 6.45) is -6.29. The van der Waals surface area contributed by atoms with Gasteiger partial charge in [0.1, 0.15) is 5.82 Å². The Hall–Kier alpha value is -1.81. The van der Waals surface area contributed by atoms with Crippen LogP contribution in [0.25, 0.3) is 0 Å². The fourth-order valence-electron chi connectivity index (χ4n) is 2.39.